The molecule has 3 aromatic rings. The molecule has 3 heterocycles. The molecular weight excluding hydrogens is 401 g/mol. The third-order valence-electron chi connectivity index (χ3n) is 4.81. The second-order valence-corrected chi connectivity index (χ2v) is 6.87. The minimum Gasteiger partial charge on any atom is -0.406 e. The van der Waals surface area contributed by atoms with Crippen molar-refractivity contribution in [2.45, 2.75) is 25.2 Å². The van der Waals surface area contributed by atoms with Crippen molar-refractivity contribution in [3.05, 3.63) is 42.9 Å². The van der Waals surface area contributed by atoms with Crippen molar-refractivity contribution in [1.29, 1.82) is 0 Å². The first kappa shape index (κ1) is 19.8. The van der Waals surface area contributed by atoms with Crippen molar-refractivity contribution < 1.29 is 22.7 Å². The highest BCUT2D eigenvalue weighted by Gasteiger charge is 2.31. The van der Waals surface area contributed by atoms with Crippen LogP contribution >= 0.6 is 0 Å². The van der Waals surface area contributed by atoms with E-state index in [0.29, 0.717) is 5.69 Å². The van der Waals surface area contributed by atoms with E-state index in [9.17, 15) is 18.0 Å². The second-order valence-electron chi connectivity index (χ2n) is 6.87. The second kappa shape index (κ2) is 8.09. The zero-order chi connectivity index (χ0) is 21.1. The predicted octanol–water partition coefficient (Wildman–Crippen LogP) is 3.65. The zero-order valence-electron chi connectivity index (χ0n) is 15.7. The van der Waals surface area contributed by atoms with E-state index in [-0.39, 0.29) is 11.8 Å². The summed E-state index contributed by atoms with van der Waals surface area (Å²) in [6, 6.07) is 6.50. The lowest BCUT2D eigenvalue weighted by Crippen LogP contribution is -2.46. The van der Waals surface area contributed by atoms with E-state index in [1.165, 1.54) is 18.5 Å². The van der Waals surface area contributed by atoms with Crippen LogP contribution in [0.5, 0.6) is 5.75 Å². The Morgan fingerprint density at radius 3 is 2.57 bits per heavy atom. The first-order valence-corrected chi connectivity index (χ1v) is 9.34. The van der Waals surface area contributed by atoms with Gasteiger partial charge in [-0.15, -0.1) is 13.2 Å². The molecule has 1 aliphatic rings. The van der Waals surface area contributed by atoms with Crippen molar-refractivity contribution in [3.63, 3.8) is 0 Å². The van der Waals surface area contributed by atoms with E-state index >= 15 is 0 Å². The average Bonchev–Trinajstić information content (AvgIpc) is 3.18. The maximum atomic E-state index is 12.2. The summed E-state index contributed by atoms with van der Waals surface area (Å²) >= 11 is 0. The van der Waals surface area contributed by atoms with Gasteiger partial charge in [-0.25, -0.2) is 14.8 Å². The SMILES string of the molecule is O=C(Nc1ccc(OC(F)(F)F)cc1)NC1CCN(c2ncnc3[nH]ccc23)CC1. The molecule has 1 aliphatic heterocycles. The molecule has 2 amide bonds. The Bertz CT molecular complexity index is 1010. The van der Waals surface area contributed by atoms with Crippen LogP contribution in [0, 0.1) is 0 Å². The summed E-state index contributed by atoms with van der Waals surface area (Å²) in [6.45, 7) is 1.46. The number of urea groups is 1. The number of aromatic amines is 1. The molecule has 1 fully saturated rings. The van der Waals surface area contributed by atoms with Crippen LogP contribution in [0.25, 0.3) is 11.0 Å². The number of hydrogen-bond acceptors (Lipinski definition) is 5. The molecule has 0 spiro atoms. The van der Waals surface area contributed by atoms with E-state index in [1.807, 2.05) is 12.3 Å². The monoisotopic (exact) mass is 420 g/mol. The number of benzene rings is 1. The first-order valence-electron chi connectivity index (χ1n) is 9.34. The van der Waals surface area contributed by atoms with Crippen molar-refractivity contribution in [3.8, 4) is 5.75 Å². The van der Waals surface area contributed by atoms with Crippen LogP contribution < -0.4 is 20.3 Å². The molecule has 8 nitrogen and oxygen atoms in total. The minimum absolute atomic E-state index is 0.0161. The molecule has 30 heavy (non-hydrogen) atoms. The maximum Gasteiger partial charge on any atom is 0.573 e. The first-order chi connectivity index (χ1) is 14.4. The van der Waals surface area contributed by atoms with E-state index in [1.54, 1.807) is 0 Å². The van der Waals surface area contributed by atoms with Gasteiger partial charge < -0.3 is 25.3 Å². The quantitative estimate of drug-likeness (QED) is 0.599. The number of ether oxygens (including phenoxy) is 1. The van der Waals surface area contributed by atoms with Crippen LogP contribution in [-0.2, 0) is 0 Å². The van der Waals surface area contributed by atoms with Gasteiger partial charge in [0.25, 0.3) is 0 Å². The molecule has 0 unspecified atom stereocenters. The van der Waals surface area contributed by atoms with Gasteiger partial charge in [0, 0.05) is 31.0 Å². The highest BCUT2D eigenvalue weighted by atomic mass is 19.4. The highest BCUT2D eigenvalue weighted by molar-refractivity contribution is 5.89. The Kier molecular flexibility index (Phi) is 5.34. The number of amides is 2. The molecule has 0 saturated carbocycles. The van der Waals surface area contributed by atoms with Crippen molar-refractivity contribution >= 4 is 28.6 Å². The topological polar surface area (TPSA) is 95.2 Å². The van der Waals surface area contributed by atoms with Crippen LogP contribution in [0.3, 0.4) is 0 Å². The number of H-pyrrole nitrogens is 1. The fourth-order valence-corrected chi connectivity index (χ4v) is 3.44. The maximum absolute atomic E-state index is 12.2. The van der Waals surface area contributed by atoms with Gasteiger partial charge in [0.15, 0.2) is 0 Å². The molecule has 2 aromatic heterocycles. The van der Waals surface area contributed by atoms with Gasteiger partial charge in [0.2, 0.25) is 0 Å². The van der Waals surface area contributed by atoms with Crippen LogP contribution in [0.15, 0.2) is 42.9 Å². The number of anilines is 2. The Hall–Kier alpha value is -3.50. The molecule has 11 heteroatoms. The normalized spacial score (nSPS) is 15.2. The Morgan fingerprint density at radius 1 is 1.13 bits per heavy atom. The number of piperidine rings is 1. The molecule has 1 aromatic carbocycles. The largest absolute Gasteiger partial charge is 0.573 e. The number of nitrogens with zero attached hydrogens (tertiary/aromatic N) is 3. The van der Waals surface area contributed by atoms with Gasteiger partial charge in [-0.05, 0) is 43.2 Å². The molecule has 1 saturated heterocycles. The fraction of sp³-hybridized carbons (Fsp3) is 0.316. The Labute approximate surface area is 169 Å². The third-order valence-corrected chi connectivity index (χ3v) is 4.81. The van der Waals surface area contributed by atoms with Crippen molar-refractivity contribution in [2.75, 3.05) is 23.3 Å². The Balaban J connectivity index is 1.28. The lowest BCUT2D eigenvalue weighted by molar-refractivity contribution is -0.274. The average molecular weight is 420 g/mol. The molecule has 158 valence electrons. The van der Waals surface area contributed by atoms with Gasteiger partial charge in [0.05, 0.1) is 5.39 Å². The van der Waals surface area contributed by atoms with Crippen molar-refractivity contribution in [1.82, 2.24) is 20.3 Å². The van der Waals surface area contributed by atoms with Gasteiger partial charge in [-0.2, -0.15) is 0 Å². The van der Waals surface area contributed by atoms with E-state index in [4.69, 9.17) is 0 Å². The van der Waals surface area contributed by atoms with Gasteiger partial charge in [-0.3, -0.25) is 0 Å². The molecule has 0 radical (unpaired) electrons. The fourth-order valence-electron chi connectivity index (χ4n) is 3.44. The number of nitrogens with one attached hydrogen (secondary N) is 3. The van der Waals surface area contributed by atoms with Crippen LogP contribution in [0.1, 0.15) is 12.8 Å². The smallest absolute Gasteiger partial charge is 0.406 e. The standard InChI is InChI=1S/C19H19F3N6O2/c20-19(21,22)30-14-3-1-12(2-4-14)26-18(29)27-13-6-9-28(10-7-13)17-15-5-8-23-16(15)24-11-25-17/h1-5,8,11,13H,6-7,9-10H2,(H,23,24,25)(H2,26,27,29). The number of hydrogen-bond donors (Lipinski definition) is 3. The number of rotatable bonds is 4. The molecular formula is C19H19F3N6O2. The zero-order valence-corrected chi connectivity index (χ0v) is 15.7. The summed E-state index contributed by atoms with van der Waals surface area (Å²) in [5.41, 5.74) is 1.15. The lowest BCUT2D eigenvalue weighted by atomic mass is 10.1. The summed E-state index contributed by atoms with van der Waals surface area (Å²) in [5.74, 6) is 0.521. The number of fused-ring (bicyclic) bond motifs is 1. The number of carbonyl (C=O) groups excluding carboxylic acids is 1. The third kappa shape index (κ3) is 4.73. The van der Waals surface area contributed by atoms with E-state index in [2.05, 4.69) is 35.2 Å². The lowest BCUT2D eigenvalue weighted by Gasteiger charge is -2.33. The van der Waals surface area contributed by atoms with E-state index in [0.717, 1.165) is 54.9 Å². The summed E-state index contributed by atoms with van der Waals surface area (Å²) < 4.78 is 40.4. The molecule has 4 rings (SSSR count). The van der Waals surface area contributed by atoms with Crippen LogP contribution in [-0.4, -0.2) is 46.5 Å². The number of aromatic nitrogens is 3. The van der Waals surface area contributed by atoms with Gasteiger partial charge >= 0.3 is 12.4 Å². The molecule has 3 N–H and O–H groups in total. The number of alkyl halides is 3. The van der Waals surface area contributed by atoms with Gasteiger partial charge in [0.1, 0.15) is 23.5 Å². The summed E-state index contributed by atoms with van der Waals surface area (Å²) in [6.07, 6.45) is 0.0729. The van der Waals surface area contributed by atoms with Crippen LogP contribution in [0.2, 0.25) is 0 Å². The minimum atomic E-state index is -4.75. The summed E-state index contributed by atoms with van der Waals surface area (Å²) in [4.78, 5) is 26.0. The number of halogens is 3. The molecule has 0 bridgehead atoms. The summed E-state index contributed by atoms with van der Waals surface area (Å²) in [5, 5.41) is 6.47. The highest BCUT2D eigenvalue weighted by Crippen LogP contribution is 2.26. The van der Waals surface area contributed by atoms with E-state index < -0.39 is 12.4 Å². The molecule has 0 aliphatic carbocycles. The predicted molar refractivity (Wildman–Crippen MR) is 104 cm³/mol. The Morgan fingerprint density at radius 2 is 1.87 bits per heavy atom. The van der Waals surface area contributed by atoms with Gasteiger partial charge in [-0.1, -0.05) is 0 Å². The summed E-state index contributed by atoms with van der Waals surface area (Å²) in [7, 11) is 0. The van der Waals surface area contributed by atoms with Crippen molar-refractivity contribution in [2.24, 2.45) is 0 Å². The number of carbonyl (C=O) groups is 1. The van der Waals surface area contributed by atoms with Crippen LogP contribution in [0.4, 0.5) is 29.5 Å². The molecule has 0 atom stereocenters.